The zero-order valence-corrected chi connectivity index (χ0v) is 14.2. The van der Waals surface area contributed by atoms with Crippen molar-refractivity contribution in [2.75, 3.05) is 6.54 Å². The highest BCUT2D eigenvalue weighted by molar-refractivity contribution is 5.83. The molecule has 2 heterocycles. The molecule has 26 heavy (non-hydrogen) atoms. The van der Waals surface area contributed by atoms with Gasteiger partial charge in [-0.15, -0.1) is 0 Å². The van der Waals surface area contributed by atoms with E-state index in [0.29, 0.717) is 18.1 Å². The lowest BCUT2D eigenvalue weighted by molar-refractivity contribution is -0.120. The van der Waals surface area contributed by atoms with Gasteiger partial charge in [0.1, 0.15) is 6.26 Å². The van der Waals surface area contributed by atoms with Gasteiger partial charge in [-0.05, 0) is 30.2 Å². The predicted octanol–water partition coefficient (Wildman–Crippen LogP) is 3.72. The standard InChI is InChI=1S/C21H19N3O2/c25-20(12-17-14-26-21(24-17)15-6-2-1-3-7-15)22-11-10-16-13-23-19-9-5-4-8-18(16)19/h1-9,13-14,23H,10-12H2,(H,22,25). The molecule has 0 bridgehead atoms. The molecule has 0 aliphatic carbocycles. The number of amides is 1. The minimum Gasteiger partial charge on any atom is -0.444 e. The van der Waals surface area contributed by atoms with Gasteiger partial charge in [0.2, 0.25) is 11.8 Å². The second kappa shape index (κ2) is 7.27. The first kappa shape index (κ1) is 16.1. The van der Waals surface area contributed by atoms with Crippen LogP contribution in [0.4, 0.5) is 0 Å². The summed E-state index contributed by atoms with van der Waals surface area (Å²) >= 11 is 0. The molecule has 0 fully saturated rings. The molecule has 0 aliphatic rings. The highest BCUT2D eigenvalue weighted by Crippen LogP contribution is 2.19. The van der Waals surface area contributed by atoms with Crippen molar-refractivity contribution in [1.82, 2.24) is 15.3 Å². The zero-order chi connectivity index (χ0) is 17.8. The molecule has 130 valence electrons. The molecule has 2 aromatic carbocycles. The Morgan fingerprint density at radius 1 is 1.08 bits per heavy atom. The number of benzene rings is 2. The fraction of sp³-hybridized carbons (Fsp3) is 0.143. The van der Waals surface area contributed by atoms with Gasteiger partial charge in [-0.2, -0.15) is 0 Å². The third kappa shape index (κ3) is 3.52. The van der Waals surface area contributed by atoms with E-state index in [-0.39, 0.29) is 12.3 Å². The van der Waals surface area contributed by atoms with Gasteiger partial charge in [0.15, 0.2) is 0 Å². The van der Waals surface area contributed by atoms with E-state index in [9.17, 15) is 4.79 Å². The molecule has 0 saturated heterocycles. The Morgan fingerprint density at radius 3 is 2.77 bits per heavy atom. The van der Waals surface area contributed by atoms with E-state index >= 15 is 0 Å². The van der Waals surface area contributed by atoms with Gasteiger partial charge in [0.05, 0.1) is 12.1 Å². The maximum Gasteiger partial charge on any atom is 0.226 e. The van der Waals surface area contributed by atoms with Crippen LogP contribution in [0.3, 0.4) is 0 Å². The average molecular weight is 345 g/mol. The number of para-hydroxylation sites is 1. The Morgan fingerprint density at radius 2 is 1.88 bits per heavy atom. The topological polar surface area (TPSA) is 70.9 Å². The van der Waals surface area contributed by atoms with Gasteiger partial charge in [0, 0.05) is 29.2 Å². The Hall–Kier alpha value is -3.34. The lowest BCUT2D eigenvalue weighted by Gasteiger charge is -2.03. The highest BCUT2D eigenvalue weighted by atomic mass is 16.3. The number of aromatic amines is 1. The molecule has 5 heteroatoms. The van der Waals surface area contributed by atoms with Crippen LogP contribution in [0, 0.1) is 0 Å². The largest absolute Gasteiger partial charge is 0.444 e. The number of H-pyrrole nitrogens is 1. The summed E-state index contributed by atoms with van der Waals surface area (Å²) in [5.74, 6) is 0.477. The summed E-state index contributed by atoms with van der Waals surface area (Å²) in [5.41, 5.74) is 3.85. The van der Waals surface area contributed by atoms with Crippen molar-refractivity contribution < 1.29 is 9.21 Å². The second-order valence-corrected chi connectivity index (χ2v) is 6.15. The number of aromatic nitrogens is 2. The summed E-state index contributed by atoms with van der Waals surface area (Å²) in [5, 5.41) is 4.15. The Labute approximate surface area is 151 Å². The SMILES string of the molecule is O=C(Cc1coc(-c2ccccc2)n1)NCCc1c[nH]c2ccccc12. The van der Waals surface area contributed by atoms with Gasteiger partial charge in [0.25, 0.3) is 0 Å². The number of carbonyl (C=O) groups is 1. The van der Waals surface area contributed by atoms with Crippen LogP contribution >= 0.6 is 0 Å². The third-order valence-electron chi connectivity index (χ3n) is 4.31. The van der Waals surface area contributed by atoms with Crippen LogP contribution in [0.2, 0.25) is 0 Å². The second-order valence-electron chi connectivity index (χ2n) is 6.15. The molecule has 4 aromatic rings. The van der Waals surface area contributed by atoms with E-state index in [2.05, 4.69) is 21.4 Å². The molecule has 0 radical (unpaired) electrons. The Kier molecular flexibility index (Phi) is 4.51. The number of nitrogens with one attached hydrogen (secondary N) is 2. The minimum atomic E-state index is -0.0576. The molecular formula is C21H19N3O2. The average Bonchev–Trinajstić information content (AvgIpc) is 3.30. The Balaban J connectivity index is 1.31. The van der Waals surface area contributed by atoms with Crippen molar-refractivity contribution in [2.24, 2.45) is 0 Å². The number of rotatable bonds is 6. The molecular weight excluding hydrogens is 326 g/mol. The van der Waals surface area contributed by atoms with Crippen LogP contribution in [0.15, 0.2) is 71.5 Å². The van der Waals surface area contributed by atoms with Gasteiger partial charge >= 0.3 is 0 Å². The minimum absolute atomic E-state index is 0.0576. The summed E-state index contributed by atoms with van der Waals surface area (Å²) < 4.78 is 5.47. The summed E-state index contributed by atoms with van der Waals surface area (Å²) in [6, 6.07) is 17.8. The van der Waals surface area contributed by atoms with E-state index in [1.807, 2.05) is 54.7 Å². The van der Waals surface area contributed by atoms with Crippen LogP contribution < -0.4 is 5.32 Å². The van der Waals surface area contributed by atoms with Crippen LogP contribution in [-0.4, -0.2) is 22.4 Å². The van der Waals surface area contributed by atoms with E-state index in [1.54, 1.807) is 6.26 Å². The maximum atomic E-state index is 12.1. The van der Waals surface area contributed by atoms with Crippen molar-refractivity contribution in [3.63, 3.8) is 0 Å². The maximum absolute atomic E-state index is 12.1. The van der Waals surface area contributed by atoms with Crippen molar-refractivity contribution in [3.05, 3.63) is 78.3 Å². The van der Waals surface area contributed by atoms with Gasteiger partial charge < -0.3 is 14.7 Å². The predicted molar refractivity (Wildman–Crippen MR) is 101 cm³/mol. The molecule has 1 amide bonds. The van der Waals surface area contributed by atoms with Crippen LogP contribution in [-0.2, 0) is 17.6 Å². The van der Waals surface area contributed by atoms with Gasteiger partial charge in [-0.1, -0.05) is 36.4 Å². The highest BCUT2D eigenvalue weighted by Gasteiger charge is 2.10. The molecule has 0 saturated carbocycles. The van der Waals surface area contributed by atoms with Crippen LogP contribution in [0.25, 0.3) is 22.4 Å². The van der Waals surface area contributed by atoms with E-state index in [1.165, 1.54) is 10.9 Å². The monoisotopic (exact) mass is 345 g/mol. The van der Waals surface area contributed by atoms with Crippen LogP contribution in [0.5, 0.6) is 0 Å². The molecule has 4 rings (SSSR count). The van der Waals surface area contributed by atoms with Crippen molar-refractivity contribution in [3.8, 4) is 11.5 Å². The first-order valence-electron chi connectivity index (χ1n) is 8.61. The number of fused-ring (bicyclic) bond motifs is 1. The number of carbonyl (C=O) groups excluding carboxylic acids is 1. The molecule has 2 aromatic heterocycles. The quantitative estimate of drug-likeness (QED) is 0.559. The molecule has 0 atom stereocenters. The van der Waals surface area contributed by atoms with Gasteiger partial charge in [-0.25, -0.2) is 4.98 Å². The summed E-state index contributed by atoms with van der Waals surface area (Å²) in [6.45, 7) is 0.587. The first-order chi connectivity index (χ1) is 12.8. The molecule has 0 unspecified atom stereocenters. The van der Waals surface area contributed by atoms with Gasteiger partial charge in [-0.3, -0.25) is 4.79 Å². The molecule has 0 spiro atoms. The van der Waals surface area contributed by atoms with Crippen molar-refractivity contribution >= 4 is 16.8 Å². The van der Waals surface area contributed by atoms with E-state index < -0.39 is 0 Å². The number of hydrogen-bond acceptors (Lipinski definition) is 3. The lowest BCUT2D eigenvalue weighted by Crippen LogP contribution is -2.27. The smallest absolute Gasteiger partial charge is 0.226 e. The lowest BCUT2D eigenvalue weighted by atomic mass is 10.1. The summed E-state index contributed by atoms with van der Waals surface area (Å²) in [4.78, 5) is 19.8. The summed E-state index contributed by atoms with van der Waals surface area (Å²) in [7, 11) is 0. The van der Waals surface area contributed by atoms with Crippen molar-refractivity contribution in [2.45, 2.75) is 12.8 Å². The fourth-order valence-corrected chi connectivity index (χ4v) is 3.00. The number of hydrogen-bond donors (Lipinski definition) is 2. The number of nitrogens with zero attached hydrogens (tertiary/aromatic N) is 1. The van der Waals surface area contributed by atoms with Crippen molar-refractivity contribution in [1.29, 1.82) is 0 Å². The first-order valence-corrected chi connectivity index (χ1v) is 8.61. The number of oxazole rings is 1. The Bertz CT molecular complexity index is 1020. The normalized spacial score (nSPS) is 10.9. The third-order valence-corrected chi connectivity index (χ3v) is 4.31. The molecule has 0 aliphatic heterocycles. The van der Waals surface area contributed by atoms with Crippen LogP contribution in [0.1, 0.15) is 11.3 Å². The molecule has 5 nitrogen and oxygen atoms in total. The molecule has 2 N–H and O–H groups in total. The summed E-state index contributed by atoms with van der Waals surface area (Å²) in [6.07, 6.45) is 4.54. The van der Waals surface area contributed by atoms with E-state index in [0.717, 1.165) is 17.5 Å². The zero-order valence-electron chi connectivity index (χ0n) is 14.2. The van der Waals surface area contributed by atoms with E-state index in [4.69, 9.17) is 4.42 Å². The fourth-order valence-electron chi connectivity index (χ4n) is 3.00.